The minimum atomic E-state index is -0.460. The Morgan fingerprint density at radius 1 is 1.24 bits per heavy atom. The third kappa shape index (κ3) is 4.48. The van der Waals surface area contributed by atoms with Crippen LogP contribution in [0.3, 0.4) is 0 Å². The van der Waals surface area contributed by atoms with Gasteiger partial charge in [-0.2, -0.15) is 0 Å². The number of rotatable bonds is 4. The van der Waals surface area contributed by atoms with Crippen LogP contribution in [0.4, 0.5) is 10.1 Å². The highest BCUT2D eigenvalue weighted by Crippen LogP contribution is 2.28. The predicted molar refractivity (Wildman–Crippen MR) is 86.5 cm³/mol. The fourth-order valence-electron chi connectivity index (χ4n) is 1.69. The van der Waals surface area contributed by atoms with Gasteiger partial charge in [-0.15, -0.1) is 11.8 Å². The van der Waals surface area contributed by atoms with Crippen molar-refractivity contribution in [2.75, 3.05) is 5.32 Å². The first kappa shape index (κ1) is 15.9. The molecule has 0 unspecified atom stereocenters. The maximum Gasteiger partial charge on any atom is 0.237 e. The Bertz CT molecular complexity index is 645. The summed E-state index contributed by atoms with van der Waals surface area (Å²) in [5, 5.41) is 2.60. The molecule has 0 saturated heterocycles. The zero-order valence-electron chi connectivity index (χ0n) is 11.7. The summed E-state index contributed by atoms with van der Waals surface area (Å²) in [5.74, 6) is -0.568. The van der Waals surface area contributed by atoms with Crippen LogP contribution in [0.25, 0.3) is 0 Å². The van der Waals surface area contributed by atoms with E-state index in [-0.39, 0.29) is 16.2 Å². The van der Waals surface area contributed by atoms with Crippen molar-refractivity contribution >= 4 is 35.0 Å². The number of halogens is 2. The number of anilines is 1. The highest BCUT2D eigenvalue weighted by Gasteiger charge is 2.15. The molecule has 2 rings (SSSR count). The number of carbonyl (C=O) groups excluding carboxylic acids is 1. The van der Waals surface area contributed by atoms with Crippen molar-refractivity contribution in [1.82, 2.24) is 0 Å². The summed E-state index contributed by atoms with van der Waals surface area (Å²) >= 11 is 7.07. The van der Waals surface area contributed by atoms with E-state index in [1.54, 1.807) is 13.0 Å². The molecule has 2 nitrogen and oxygen atoms in total. The van der Waals surface area contributed by atoms with Gasteiger partial charge in [-0.25, -0.2) is 4.39 Å². The maximum atomic E-state index is 13.1. The van der Waals surface area contributed by atoms with Gasteiger partial charge in [0.25, 0.3) is 0 Å². The highest BCUT2D eigenvalue weighted by molar-refractivity contribution is 8.00. The lowest BCUT2D eigenvalue weighted by molar-refractivity contribution is -0.115. The van der Waals surface area contributed by atoms with Gasteiger partial charge in [-0.1, -0.05) is 29.3 Å². The molecule has 1 atom stereocenters. The van der Waals surface area contributed by atoms with Gasteiger partial charge >= 0.3 is 0 Å². The van der Waals surface area contributed by atoms with Crippen LogP contribution in [0, 0.1) is 12.7 Å². The van der Waals surface area contributed by atoms with Crippen molar-refractivity contribution in [1.29, 1.82) is 0 Å². The van der Waals surface area contributed by atoms with Gasteiger partial charge in [-0.05, 0) is 44.2 Å². The largest absolute Gasteiger partial charge is 0.325 e. The van der Waals surface area contributed by atoms with E-state index in [0.29, 0.717) is 0 Å². The molecule has 2 aromatic carbocycles. The third-order valence-electron chi connectivity index (χ3n) is 2.89. The normalized spacial score (nSPS) is 12.0. The summed E-state index contributed by atoms with van der Waals surface area (Å²) in [6.07, 6.45) is 0. The molecule has 0 aliphatic heterocycles. The summed E-state index contributed by atoms with van der Waals surface area (Å²) in [7, 11) is 0. The minimum Gasteiger partial charge on any atom is -0.325 e. The van der Waals surface area contributed by atoms with E-state index in [1.807, 2.05) is 31.2 Å². The Balaban J connectivity index is 1.98. The number of hydrogen-bond acceptors (Lipinski definition) is 2. The minimum absolute atomic E-state index is 0.0612. The summed E-state index contributed by atoms with van der Waals surface area (Å²) in [6, 6.07) is 12.0. The molecule has 0 aromatic heterocycles. The molecule has 0 spiro atoms. The Morgan fingerprint density at radius 2 is 1.90 bits per heavy atom. The molecule has 1 amide bonds. The molecule has 110 valence electrons. The highest BCUT2D eigenvalue weighted by atomic mass is 35.5. The smallest absolute Gasteiger partial charge is 0.237 e. The maximum absolute atomic E-state index is 13.1. The zero-order valence-corrected chi connectivity index (χ0v) is 13.3. The van der Waals surface area contributed by atoms with Crippen molar-refractivity contribution in [2.24, 2.45) is 0 Å². The second-order valence-corrected chi connectivity index (χ2v) is 6.51. The zero-order chi connectivity index (χ0) is 15.4. The lowest BCUT2D eigenvalue weighted by Gasteiger charge is -2.12. The van der Waals surface area contributed by atoms with E-state index in [9.17, 15) is 9.18 Å². The number of benzene rings is 2. The standard InChI is InChI=1S/C16H15ClFNOS/c1-10-3-5-12(6-4-10)19-16(20)11(2)21-13-7-8-15(18)14(17)9-13/h3-9,11H,1-2H3,(H,19,20)/t11-/m0/s1. The van der Waals surface area contributed by atoms with Crippen LogP contribution in [-0.2, 0) is 4.79 Å². The number of nitrogens with one attached hydrogen (secondary N) is 1. The predicted octanol–water partition coefficient (Wildman–Crippen LogP) is 4.91. The third-order valence-corrected chi connectivity index (χ3v) is 4.28. The van der Waals surface area contributed by atoms with Crippen LogP contribution in [0.15, 0.2) is 47.4 Å². The molecule has 0 bridgehead atoms. The average molecular weight is 324 g/mol. The van der Waals surface area contributed by atoms with Crippen LogP contribution in [0.2, 0.25) is 5.02 Å². The van der Waals surface area contributed by atoms with Gasteiger partial charge in [0.05, 0.1) is 10.3 Å². The summed E-state index contributed by atoms with van der Waals surface area (Å²) in [5.41, 5.74) is 1.89. The number of amides is 1. The van der Waals surface area contributed by atoms with Crippen molar-refractivity contribution in [3.8, 4) is 0 Å². The first-order chi connectivity index (χ1) is 9.95. The van der Waals surface area contributed by atoms with Crippen LogP contribution < -0.4 is 5.32 Å². The van der Waals surface area contributed by atoms with Gasteiger partial charge in [0.2, 0.25) is 5.91 Å². The molecular formula is C16H15ClFNOS. The molecule has 0 heterocycles. The summed E-state index contributed by atoms with van der Waals surface area (Å²) < 4.78 is 13.1. The van der Waals surface area contributed by atoms with Gasteiger partial charge < -0.3 is 5.32 Å². The molecule has 0 fully saturated rings. The Hall–Kier alpha value is -1.52. The van der Waals surface area contributed by atoms with E-state index < -0.39 is 5.82 Å². The molecule has 0 saturated carbocycles. The molecule has 21 heavy (non-hydrogen) atoms. The van der Waals surface area contributed by atoms with Gasteiger partial charge in [0.1, 0.15) is 5.82 Å². The van der Waals surface area contributed by atoms with E-state index in [1.165, 1.54) is 23.9 Å². The average Bonchev–Trinajstić information content (AvgIpc) is 2.45. The molecular weight excluding hydrogens is 309 g/mol. The second kappa shape index (κ2) is 6.96. The monoisotopic (exact) mass is 323 g/mol. The Kier molecular flexibility index (Phi) is 5.26. The molecule has 5 heteroatoms. The lowest BCUT2D eigenvalue weighted by Crippen LogP contribution is -2.22. The Labute approximate surface area is 132 Å². The van der Waals surface area contributed by atoms with Crippen LogP contribution in [-0.4, -0.2) is 11.2 Å². The second-order valence-electron chi connectivity index (χ2n) is 4.69. The van der Waals surface area contributed by atoms with E-state index in [0.717, 1.165) is 16.1 Å². The summed E-state index contributed by atoms with van der Waals surface area (Å²) in [6.45, 7) is 3.79. The molecule has 0 aliphatic rings. The molecule has 0 radical (unpaired) electrons. The van der Waals surface area contributed by atoms with E-state index >= 15 is 0 Å². The first-order valence-corrected chi connectivity index (χ1v) is 7.70. The van der Waals surface area contributed by atoms with Gasteiger partial charge in [-0.3, -0.25) is 4.79 Å². The number of carbonyl (C=O) groups is 1. The van der Waals surface area contributed by atoms with Crippen molar-refractivity contribution in [2.45, 2.75) is 24.0 Å². The van der Waals surface area contributed by atoms with E-state index in [2.05, 4.69) is 5.32 Å². The fourth-order valence-corrected chi connectivity index (χ4v) is 2.84. The Morgan fingerprint density at radius 3 is 2.52 bits per heavy atom. The molecule has 1 N–H and O–H groups in total. The number of aryl methyl sites for hydroxylation is 1. The number of thioether (sulfide) groups is 1. The van der Waals surface area contributed by atoms with Crippen LogP contribution in [0.5, 0.6) is 0 Å². The van der Waals surface area contributed by atoms with Crippen LogP contribution >= 0.6 is 23.4 Å². The van der Waals surface area contributed by atoms with E-state index in [4.69, 9.17) is 11.6 Å². The quantitative estimate of drug-likeness (QED) is 0.810. The fraction of sp³-hybridized carbons (Fsp3) is 0.188. The van der Waals surface area contributed by atoms with Crippen LogP contribution in [0.1, 0.15) is 12.5 Å². The first-order valence-electron chi connectivity index (χ1n) is 6.45. The topological polar surface area (TPSA) is 29.1 Å². The lowest BCUT2D eigenvalue weighted by atomic mass is 10.2. The SMILES string of the molecule is Cc1ccc(NC(=O)[C@H](C)Sc2ccc(F)c(Cl)c2)cc1. The van der Waals surface area contributed by atoms with Gasteiger partial charge in [0.15, 0.2) is 0 Å². The van der Waals surface area contributed by atoms with Crippen molar-refractivity contribution < 1.29 is 9.18 Å². The molecule has 2 aromatic rings. The van der Waals surface area contributed by atoms with Crippen molar-refractivity contribution in [3.63, 3.8) is 0 Å². The molecule has 0 aliphatic carbocycles. The summed E-state index contributed by atoms with van der Waals surface area (Å²) in [4.78, 5) is 12.9. The van der Waals surface area contributed by atoms with Gasteiger partial charge in [0, 0.05) is 10.6 Å². The number of hydrogen-bond donors (Lipinski definition) is 1. The van der Waals surface area contributed by atoms with Crippen molar-refractivity contribution in [3.05, 3.63) is 58.9 Å².